The second-order valence-electron chi connectivity index (χ2n) is 6.37. The van der Waals surface area contributed by atoms with Gasteiger partial charge in [-0.1, -0.05) is 25.0 Å². The summed E-state index contributed by atoms with van der Waals surface area (Å²) in [5, 5.41) is 0. The summed E-state index contributed by atoms with van der Waals surface area (Å²) in [4.78, 5) is 0. The van der Waals surface area contributed by atoms with Gasteiger partial charge in [0.25, 0.3) is 0 Å². The van der Waals surface area contributed by atoms with Gasteiger partial charge in [0.1, 0.15) is 0 Å². The molecule has 0 aromatic heterocycles. The SMILES string of the molecule is CC1OC(C)C2(C)C3CCCCC3=CC2(C)O1. The van der Waals surface area contributed by atoms with Crippen molar-refractivity contribution in [2.24, 2.45) is 11.3 Å². The predicted molar refractivity (Wildman–Crippen MR) is 67.6 cm³/mol. The molecular formula is C15H24O2. The fraction of sp³-hybridized carbons (Fsp3) is 0.867. The van der Waals surface area contributed by atoms with E-state index in [1.165, 1.54) is 25.7 Å². The first-order chi connectivity index (χ1) is 7.97. The number of hydrogen-bond donors (Lipinski definition) is 0. The minimum absolute atomic E-state index is 0.0833. The van der Waals surface area contributed by atoms with E-state index in [-0.39, 0.29) is 23.4 Å². The van der Waals surface area contributed by atoms with Gasteiger partial charge in [-0.05, 0) is 46.0 Å². The van der Waals surface area contributed by atoms with E-state index in [9.17, 15) is 0 Å². The fourth-order valence-electron chi connectivity index (χ4n) is 4.40. The normalized spacial score (nSPS) is 53.9. The lowest BCUT2D eigenvalue weighted by Crippen LogP contribution is -2.59. The van der Waals surface area contributed by atoms with Gasteiger partial charge in [0.05, 0.1) is 11.7 Å². The van der Waals surface area contributed by atoms with Crippen LogP contribution in [0.25, 0.3) is 0 Å². The minimum atomic E-state index is -0.131. The van der Waals surface area contributed by atoms with E-state index in [4.69, 9.17) is 9.47 Å². The molecule has 0 radical (unpaired) electrons. The van der Waals surface area contributed by atoms with E-state index in [2.05, 4.69) is 26.8 Å². The van der Waals surface area contributed by atoms with Crippen LogP contribution in [0.1, 0.15) is 53.4 Å². The largest absolute Gasteiger partial charge is 0.349 e. The minimum Gasteiger partial charge on any atom is -0.349 e. The summed E-state index contributed by atoms with van der Waals surface area (Å²) in [6, 6.07) is 0. The topological polar surface area (TPSA) is 18.5 Å². The molecule has 0 aromatic carbocycles. The van der Waals surface area contributed by atoms with Crippen molar-refractivity contribution in [3.05, 3.63) is 11.6 Å². The quantitative estimate of drug-likeness (QED) is 0.598. The van der Waals surface area contributed by atoms with Crippen molar-refractivity contribution in [3.8, 4) is 0 Å². The second kappa shape index (κ2) is 3.58. The Labute approximate surface area is 104 Å². The van der Waals surface area contributed by atoms with Gasteiger partial charge in [-0.15, -0.1) is 0 Å². The molecule has 3 rings (SSSR count). The summed E-state index contributed by atoms with van der Waals surface area (Å²) >= 11 is 0. The third kappa shape index (κ3) is 1.40. The lowest BCUT2D eigenvalue weighted by molar-refractivity contribution is -0.314. The molecule has 0 aromatic rings. The van der Waals surface area contributed by atoms with E-state index in [0.717, 1.165) is 0 Å². The molecule has 5 atom stereocenters. The maximum absolute atomic E-state index is 6.16. The Balaban J connectivity index is 2.03. The third-order valence-electron chi connectivity index (χ3n) is 5.56. The zero-order valence-electron chi connectivity index (χ0n) is 11.5. The van der Waals surface area contributed by atoms with Crippen LogP contribution in [0, 0.1) is 11.3 Å². The molecule has 2 fully saturated rings. The molecule has 5 unspecified atom stereocenters. The van der Waals surface area contributed by atoms with Gasteiger partial charge in [-0.25, -0.2) is 0 Å². The molecule has 17 heavy (non-hydrogen) atoms. The van der Waals surface area contributed by atoms with Crippen LogP contribution in [0.15, 0.2) is 11.6 Å². The lowest BCUT2D eigenvalue weighted by Gasteiger charge is -2.54. The maximum Gasteiger partial charge on any atom is 0.156 e. The molecule has 0 N–H and O–H groups in total. The van der Waals surface area contributed by atoms with Gasteiger partial charge in [-0.2, -0.15) is 0 Å². The van der Waals surface area contributed by atoms with Crippen LogP contribution >= 0.6 is 0 Å². The number of fused-ring (bicyclic) bond motifs is 3. The van der Waals surface area contributed by atoms with E-state index in [1.54, 1.807) is 5.57 Å². The highest BCUT2D eigenvalue weighted by Crippen LogP contribution is 2.60. The molecule has 3 aliphatic rings. The molecule has 1 heterocycles. The van der Waals surface area contributed by atoms with Crippen LogP contribution in [-0.4, -0.2) is 18.0 Å². The summed E-state index contributed by atoms with van der Waals surface area (Å²) in [6.45, 7) is 8.86. The van der Waals surface area contributed by atoms with Crippen LogP contribution in [0.2, 0.25) is 0 Å². The van der Waals surface area contributed by atoms with Gasteiger partial charge >= 0.3 is 0 Å². The lowest BCUT2D eigenvalue weighted by atomic mass is 9.63. The van der Waals surface area contributed by atoms with Crippen LogP contribution in [0.4, 0.5) is 0 Å². The Morgan fingerprint density at radius 3 is 2.76 bits per heavy atom. The number of ether oxygens (including phenoxy) is 2. The summed E-state index contributed by atoms with van der Waals surface area (Å²) in [5.74, 6) is 0.670. The molecular weight excluding hydrogens is 212 g/mol. The van der Waals surface area contributed by atoms with Crippen LogP contribution < -0.4 is 0 Å². The highest BCUT2D eigenvalue weighted by molar-refractivity contribution is 5.32. The maximum atomic E-state index is 6.16. The molecule has 0 spiro atoms. The van der Waals surface area contributed by atoms with Crippen molar-refractivity contribution in [2.45, 2.75) is 71.4 Å². The molecule has 2 aliphatic carbocycles. The van der Waals surface area contributed by atoms with Crippen molar-refractivity contribution >= 4 is 0 Å². The third-order valence-corrected chi connectivity index (χ3v) is 5.56. The molecule has 2 heteroatoms. The molecule has 0 amide bonds. The highest BCUT2D eigenvalue weighted by Gasteiger charge is 2.61. The molecule has 1 saturated heterocycles. The van der Waals surface area contributed by atoms with E-state index < -0.39 is 0 Å². The molecule has 2 nitrogen and oxygen atoms in total. The molecule has 0 bridgehead atoms. The zero-order valence-corrected chi connectivity index (χ0v) is 11.5. The first kappa shape index (κ1) is 11.7. The van der Waals surface area contributed by atoms with E-state index >= 15 is 0 Å². The van der Waals surface area contributed by atoms with Crippen molar-refractivity contribution < 1.29 is 9.47 Å². The standard InChI is InChI=1S/C15H24O2/c1-10-15(4)13-8-6-5-7-12(13)9-14(15,3)17-11(2)16-10/h9-11,13H,5-8H2,1-4H3. The van der Waals surface area contributed by atoms with Crippen LogP contribution in [0.3, 0.4) is 0 Å². The van der Waals surface area contributed by atoms with Crippen LogP contribution in [-0.2, 0) is 9.47 Å². The first-order valence-corrected chi connectivity index (χ1v) is 7.02. The summed E-state index contributed by atoms with van der Waals surface area (Å²) in [5.41, 5.74) is 1.62. The predicted octanol–water partition coefficient (Wildman–Crippen LogP) is 3.66. The second-order valence-corrected chi connectivity index (χ2v) is 6.37. The Kier molecular flexibility index (Phi) is 2.47. The first-order valence-electron chi connectivity index (χ1n) is 7.02. The molecule has 96 valence electrons. The molecule has 1 saturated carbocycles. The summed E-state index contributed by atoms with van der Waals surface area (Å²) in [7, 11) is 0. The van der Waals surface area contributed by atoms with Gasteiger partial charge in [-0.3, -0.25) is 0 Å². The van der Waals surface area contributed by atoms with E-state index in [1.807, 2.05) is 6.92 Å². The van der Waals surface area contributed by atoms with Crippen molar-refractivity contribution in [2.75, 3.05) is 0 Å². The Morgan fingerprint density at radius 1 is 1.24 bits per heavy atom. The fourth-order valence-corrected chi connectivity index (χ4v) is 4.40. The van der Waals surface area contributed by atoms with Gasteiger partial charge < -0.3 is 9.47 Å². The monoisotopic (exact) mass is 236 g/mol. The van der Waals surface area contributed by atoms with Crippen molar-refractivity contribution in [1.82, 2.24) is 0 Å². The van der Waals surface area contributed by atoms with Crippen LogP contribution in [0.5, 0.6) is 0 Å². The van der Waals surface area contributed by atoms with Crippen molar-refractivity contribution in [3.63, 3.8) is 0 Å². The Morgan fingerprint density at radius 2 is 2.00 bits per heavy atom. The number of allylic oxidation sites excluding steroid dienone is 1. The highest BCUT2D eigenvalue weighted by atomic mass is 16.7. The Hall–Kier alpha value is -0.340. The summed E-state index contributed by atoms with van der Waals surface area (Å²) < 4.78 is 12.1. The van der Waals surface area contributed by atoms with Gasteiger partial charge in [0.15, 0.2) is 6.29 Å². The van der Waals surface area contributed by atoms with Gasteiger partial charge in [0, 0.05) is 5.41 Å². The van der Waals surface area contributed by atoms with Gasteiger partial charge in [0.2, 0.25) is 0 Å². The summed E-state index contributed by atoms with van der Waals surface area (Å²) in [6.07, 6.45) is 7.89. The average molecular weight is 236 g/mol. The number of rotatable bonds is 0. The smallest absolute Gasteiger partial charge is 0.156 e. The Bertz CT molecular complexity index is 362. The van der Waals surface area contributed by atoms with Crippen molar-refractivity contribution in [1.29, 1.82) is 0 Å². The molecule has 1 aliphatic heterocycles. The number of hydrogen-bond acceptors (Lipinski definition) is 2. The zero-order chi connectivity index (χ0) is 12.3. The average Bonchev–Trinajstić information content (AvgIpc) is 2.48. The van der Waals surface area contributed by atoms with E-state index in [0.29, 0.717) is 5.92 Å².